The zero-order chi connectivity index (χ0) is 20.2. The van der Waals surface area contributed by atoms with Crippen molar-refractivity contribution in [3.8, 4) is 0 Å². The van der Waals surface area contributed by atoms with Crippen LogP contribution in [0.5, 0.6) is 0 Å². The quantitative estimate of drug-likeness (QED) is 0.685. The molecule has 1 fully saturated rings. The Morgan fingerprint density at radius 3 is 2.75 bits per heavy atom. The van der Waals surface area contributed by atoms with Gasteiger partial charge in [-0.2, -0.15) is 0 Å². The molecule has 0 atom stereocenters. The molecule has 0 radical (unpaired) electrons. The van der Waals surface area contributed by atoms with Crippen molar-refractivity contribution in [2.45, 2.75) is 26.7 Å². The van der Waals surface area contributed by atoms with E-state index in [2.05, 4.69) is 18.8 Å². The number of aromatic nitrogens is 2. The second kappa shape index (κ2) is 6.29. The lowest BCUT2D eigenvalue weighted by Gasteiger charge is -2.39. The van der Waals surface area contributed by atoms with Crippen LogP contribution in [0, 0.1) is 11.2 Å². The van der Waals surface area contributed by atoms with Crippen molar-refractivity contribution in [3.63, 3.8) is 0 Å². The van der Waals surface area contributed by atoms with Gasteiger partial charge in [0.25, 0.3) is 0 Å². The Kier molecular flexibility index (Phi) is 4.14. The van der Waals surface area contributed by atoms with Gasteiger partial charge in [-0.05, 0) is 30.4 Å². The van der Waals surface area contributed by atoms with Crippen LogP contribution in [-0.4, -0.2) is 33.7 Å². The van der Waals surface area contributed by atoms with Gasteiger partial charge >= 0.3 is 5.97 Å². The first kappa shape index (κ1) is 18.4. The molecule has 3 aromatic rings. The fourth-order valence-corrected chi connectivity index (χ4v) is 4.20. The van der Waals surface area contributed by atoms with Gasteiger partial charge in [0, 0.05) is 31.7 Å². The lowest BCUT2D eigenvalue weighted by molar-refractivity contribution is 0.0695. The molecule has 6 nitrogen and oxygen atoms in total. The summed E-state index contributed by atoms with van der Waals surface area (Å²) in [5.41, 5.74) is 0.159. The Balaban J connectivity index is 1.98. The first-order chi connectivity index (χ1) is 13.2. The highest BCUT2D eigenvalue weighted by Gasteiger charge is 2.28. The number of aryl methyl sites for hydroxylation is 1. The van der Waals surface area contributed by atoms with E-state index in [4.69, 9.17) is 0 Å². The van der Waals surface area contributed by atoms with Crippen molar-refractivity contribution in [1.82, 2.24) is 9.55 Å². The molecule has 0 unspecified atom stereocenters. The number of benzene rings is 1. The number of hydrogen-bond donors (Lipinski definition) is 1. The van der Waals surface area contributed by atoms with Gasteiger partial charge in [-0.3, -0.25) is 9.78 Å². The molecule has 0 bridgehead atoms. The molecule has 0 amide bonds. The van der Waals surface area contributed by atoms with Crippen molar-refractivity contribution in [1.29, 1.82) is 0 Å². The predicted molar refractivity (Wildman–Crippen MR) is 107 cm³/mol. The van der Waals surface area contributed by atoms with Crippen molar-refractivity contribution >= 4 is 33.5 Å². The minimum absolute atomic E-state index is 0.0908. The van der Waals surface area contributed by atoms with Gasteiger partial charge in [0.2, 0.25) is 5.43 Å². The normalized spacial score (nSPS) is 16.6. The number of rotatable bonds is 2. The monoisotopic (exact) mass is 383 g/mol. The average Bonchev–Trinajstić information content (AvgIpc) is 2.63. The lowest BCUT2D eigenvalue weighted by atomic mass is 9.84. The third-order valence-electron chi connectivity index (χ3n) is 5.58. The molecule has 1 saturated heterocycles. The number of carboxylic acid groups (broad SMARTS) is 1. The van der Waals surface area contributed by atoms with Crippen LogP contribution in [0.15, 0.2) is 29.3 Å². The van der Waals surface area contributed by atoms with Crippen molar-refractivity contribution < 1.29 is 14.3 Å². The maximum Gasteiger partial charge on any atom is 0.341 e. The largest absolute Gasteiger partial charge is 0.477 e. The van der Waals surface area contributed by atoms with E-state index in [9.17, 15) is 14.7 Å². The smallest absolute Gasteiger partial charge is 0.341 e. The first-order valence-electron chi connectivity index (χ1n) is 9.28. The average molecular weight is 383 g/mol. The fourth-order valence-electron chi connectivity index (χ4n) is 4.20. The van der Waals surface area contributed by atoms with Crippen LogP contribution in [0.1, 0.15) is 37.0 Å². The Bertz CT molecular complexity index is 1180. The summed E-state index contributed by atoms with van der Waals surface area (Å²) in [5.74, 6) is -1.78. The third-order valence-corrected chi connectivity index (χ3v) is 5.58. The molecule has 1 N–H and O–H groups in total. The van der Waals surface area contributed by atoms with E-state index in [-0.39, 0.29) is 21.9 Å². The number of fused-ring (bicyclic) bond motifs is 3. The van der Waals surface area contributed by atoms with Crippen LogP contribution in [0.2, 0.25) is 0 Å². The molecule has 7 heteroatoms. The predicted octanol–water partition coefficient (Wildman–Crippen LogP) is 3.55. The lowest BCUT2D eigenvalue weighted by Crippen LogP contribution is -2.40. The molecule has 1 aromatic carbocycles. The highest BCUT2D eigenvalue weighted by atomic mass is 19.1. The van der Waals surface area contributed by atoms with Crippen LogP contribution in [0.3, 0.4) is 0 Å². The standard InChI is InChI=1S/C21H22FN3O3/c1-21(2)7-4-8-25(11-21)14-6-5-12-16-15(9-23-18(12)17(14)22)24(3)10-13(19(16)26)20(27)28/h5-6,9-10H,4,7-8,11H2,1-3H3,(H,27,28). The molecule has 3 heterocycles. The minimum Gasteiger partial charge on any atom is -0.477 e. The van der Waals surface area contributed by atoms with E-state index in [0.29, 0.717) is 16.6 Å². The first-order valence-corrected chi connectivity index (χ1v) is 9.28. The summed E-state index contributed by atoms with van der Waals surface area (Å²) < 4.78 is 16.9. The van der Waals surface area contributed by atoms with Crippen molar-refractivity contribution in [2.24, 2.45) is 12.5 Å². The van der Waals surface area contributed by atoms with E-state index in [1.165, 1.54) is 17.0 Å². The van der Waals surface area contributed by atoms with Gasteiger partial charge in [-0.25, -0.2) is 9.18 Å². The van der Waals surface area contributed by atoms with Gasteiger partial charge < -0.3 is 14.6 Å². The molecule has 1 aliphatic heterocycles. The van der Waals surface area contributed by atoms with E-state index in [1.807, 2.05) is 4.90 Å². The zero-order valence-electron chi connectivity index (χ0n) is 16.1. The van der Waals surface area contributed by atoms with Gasteiger partial charge in [-0.15, -0.1) is 0 Å². The van der Waals surface area contributed by atoms with Gasteiger partial charge in [-0.1, -0.05) is 13.8 Å². The molecule has 0 aliphatic carbocycles. The molecule has 2 aromatic heterocycles. The maximum atomic E-state index is 15.4. The number of carbonyl (C=O) groups is 1. The van der Waals surface area contributed by atoms with Crippen LogP contribution in [0.25, 0.3) is 21.8 Å². The molecule has 1 aliphatic rings. The molecule has 146 valence electrons. The Labute approximate surface area is 161 Å². The SMILES string of the molecule is Cn1cc(C(=O)O)c(=O)c2c3ccc(N4CCCC(C)(C)C4)c(F)c3ncc21. The summed E-state index contributed by atoms with van der Waals surface area (Å²) in [6, 6.07) is 3.35. The van der Waals surface area contributed by atoms with Crippen LogP contribution in [0.4, 0.5) is 10.1 Å². The summed E-state index contributed by atoms with van der Waals surface area (Å²) in [4.78, 5) is 30.5. The van der Waals surface area contributed by atoms with Crippen molar-refractivity contribution in [3.05, 3.63) is 46.1 Å². The van der Waals surface area contributed by atoms with Crippen LogP contribution in [-0.2, 0) is 7.05 Å². The third kappa shape index (κ3) is 2.82. The Morgan fingerprint density at radius 1 is 1.32 bits per heavy atom. The molecule has 4 rings (SSSR count). The molecule has 0 saturated carbocycles. The number of nitrogens with zero attached hydrogens (tertiary/aromatic N) is 3. The van der Waals surface area contributed by atoms with Gasteiger partial charge in [0.05, 0.1) is 22.8 Å². The minimum atomic E-state index is -1.31. The van der Waals surface area contributed by atoms with E-state index in [0.717, 1.165) is 25.9 Å². The number of aromatic carboxylic acids is 1. The highest BCUT2D eigenvalue weighted by Crippen LogP contribution is 2.35. The summed E-state index contributed by atoms with van der Waals surface area (Å²) >= 11 is 0. The number of carboxylic acids is 1. The second-order valence-corrected chi connectivity index (χ2v) is 8.29. The van der Waals surface area contributed by atoms with E-state index < -0.39 is 17.2 Å². The van der Waals surface area contributed by atoms with E-state index >= 15 is 4.39 Å². The van der Waals surface area contributed by atoms with Crippen molar-refractivity contribution in [2.75, 3.05) is 18.0 Å². The summed E-state index contributed by atoms with van der Waals surface area (Å²) in [6.45, 7) is 5.85. The number of anilines is 1. The molecular weight excluding hydrogens is 361 g/mol. The Morgan fingerprint density at radius 2 is 2.07 bits per heavy atom. The molecule has 0 spiro atoms. The topological polar surface area (TPSA) is 75.4 Å². The fraction of sp³-hybridized carbons (Fsp3) is 0.381. The van der Waals surface area contributed by atoms with Crippen LogP contribution < -0.4 is 10.3 Å². The van der Waals surface area contributed by atoms with Gasteiger partial charge in [0.15, 0.2) is 5.82 Å². The molecular formula is C21H22FN3O3. The number of halogens is 1. The number of piperidine rings is 1. The van der Waals surface area contributed by atoms with Crippen LogP contribution >= 0.6 is 0 Å². The van der Waals surface area contributed by atoms with E-state index in [1.54, 1.807) is 19.2 Å². The summed E-state index contributed by atoms with van der Waals surface area (Å²) in [7, 11) is 1.64. The second-order valence-electron chi connectivity index (χ2n) is 8.29. The summed E-state index contributed by atoms with van der Waals surface area (Å²) in [6.07, 6.45) is 4.77. The molecule has 28 heavy (non-hydrogen) atoms. The summed E-state index contributed by atoms with van der Waals surface area (Å²) in [5, 5.41) is 9.84. The Hall–Kier alpha value is -2.96. The number of hydrogen-bond acceptors (Lipinski definition) is 4. The highest BCUT2D eigenvalue weighted by molar-refractivity contribution is 6.07. The zero-order valence-corrected chi connectivity index (χ0v) is 16.1. The van der Waals surface area contributed by atoms with Gasteiger partial charge in [0.1, 0.15) is 11.1 Å². The maximum absolute atomic E-state index is 15.4. The number of pyridine rings is 2.